The molecule has 0 saturated heterocycles. The molecule has 3 aromatic carbocycles. The Balaban J connectivity index is 1.58. The average molecular weight is 639 g/mol. The van der Waals surface area contributed by atoms with E-state index < -0.39 is 29.4 Å². The highest BCUT2D eigenvalue weighted by Crippen LogP contribution is 2.38. The Hall–Kier alpha value is -5.49. The summed E-state index contributed by atoms with van der Waals surface area (Å²) in [6.07, 6.45) is 0. The molecular weight excluding hydrogens is 608 g/mol. The number of allylic oxidation sites excluding steroid dienone is 1. The summed E-state index contributed by atoms with van der Waals surface area (Å²) >= 11 is 1.05. The summed E-state index contributed by atoms with van der Waals surface area (Å²) in [6, 6.07) is 20.1. The van der Waals surface area contributed by atoms with Crippen LogP contribution in [0.2, 0.25) is 0 Å². The molecule has 3 heterocycles. The predicted octanol–water partition coefficient (Wildman–Crippen LogP) is 3.17. The average Bonchev–Trinajstić information content (AvgIpc) is 3.52. The number of rotatable bonds is 8. The first-order valence-electron chi connectivity index (χ1n) is 14.5. The Morgan fingerprint density at radius 3 is 2.43 bits per heavy atom. The molecule has 1 atom stereocenters. The fourth-order valence-corrected chi connectivity index (χ4v) is 6.85. The van der Waals surface area contributed by atoms with E-state index in [1.807, 2.05) is 6.07 Å². The number of anilines is 2. The van der Waals surface area contributed by atoms with Crippen molar-refractivity contribution in [3.8, 4) is 11.5 Å². The number of esters is 1. The number of ether oxygens (including phenoxy) is 3. The van der Waals surface area contributed by atoms with E-state index in [1.165, 1.54) is 23.7 Å². The fraction of sp³-hybridized carbons (Fsp3) is 0.206. The van der Waals surface area contributed by atoms with Crippen LogP contribution in [-0.2, 0) is 19.1 Å². The highest BCUT2D eigenvalue weighted by molar-refractivity contribution is 7.07. The highest BCUT2D eigenvalue weighted by atomic mass is 32.1. The summed E-state index contributed by atoms with van der Waals surface area (Å²) in [7, 11) is 3.03. The predicted molar refractivity (Wildman–Crippen MR) is 173 cm³/mol. The van der Waals surface area contributed by atoms with Crippen molar-refractivity contribution in [2.75, 3.05) is 37.6 Å². The van der Waals surface area contributed by atoms with Gasteiger partial charge in [0, 0.05) is 22.9 Å². The summed E-state index contributed by atoms with van der Waals surface area (Å²) in [5.74, 6) is -0.594. The molecule has 2 amide bonds. The van der Waals surface area contributed by atoms with Crippen LogP contribution in [0.5, 0.6) is 11.5 Å². The maximum Gasteiger partial charge on any atom is 0.326 e. The number of aromatic nitrogens is 1. The van der Waals surface area contributed by atoms with Gasteiger partial charge >= 0.3 is 5.97 Å². The van der Waals surface area contributed by atoms with Crippen molar-refractivity contribution in [1.82, 2.24) is 4.57 Å². The number of hydrogen-bond acceptors (Lipinski definition) is 9. The second kappa shape index (κ2) is 12.5. The Kier molecular flexibility index (Phi) is 8.29. The van der Waals surface area contributed by atoms with Crippen LogP contribution in [0.4, 0.5) is 11.4 Å². The lowest BCUT2D eigenvalue weighted by Crippen LogP contribution is -2.41. The van der Waals surface area contributed by atoms with E-state index in [0.29, 0.717) is 44.5 Å². The van der Waals surface area contributed by atoms with Crippen LogP contribution < -0.4 is 34.6 Å². The van der Waals surface area contributed by atoms with Crippen LogP contribution in [0, 0.1) is 0 Å². The van der Waals surface area contributed by atoms with Gasteiger partial charge in [0.1, 0.15) is 28.6 Å². The third-order valence-corrected chi connectivity index (χ3v) is 8.80. The molecule has 6 rings (SSSR count). The maximum atomic E-state index is 14.5. The number of carbonyl (C=O) groups excluding carboxylic acids is 3. The summed E-state index contributed by atoms with van der Waals surface area (Å²) in [5, 5.41) is 2.92. The van der Waals surface area contributed by atoms with Crippen molar-refractivity contribution >= 4 is 46.1 Å². The van der Waals surface area contributed by atoms with E-state index in [4.69, 9.17) is 19.2 Å². The Bertz CT molecular complexity index is 2100. The van der Waals surface area contributed by atoms with Gasteiger partial charge in [-0.15, -0.1) is 0 Å². The molecule has 0 aliphatic carbocycles. The molecule has 4 aromatic rings. The number of nitrogens with zero attached hydrogens (tertiary/aromatic N) is 3. The van der Waals surface area contributed by atoms with Crippen LogP contribution >= 0.6 is 11.3 Å². The normalized spacial score (nSPS) is 16.4. The van der Waals surface area contributed by atoms with E-state index in [2.05, 4.69) is 5.32 Å². The van der Waals surface area contributed by atoms with Crippen molar-refractivity contribution in [3.63, 3.8) is 0 Å². The van der Waals surface area contributed by atoms with Gasteiger partial charge < -0.3 is 19.5 Å². The molecule has 12 heteroatoms. The number of hydrogen-bond donors (Lipinski definition) is 1. The molecule has 2 aliphatic heterocycles. The molecule has 0 unspecified atom stereocenters. The molecule has 0 radical (unpaired) electrons. The van der Waals surface area contributed by atoms with Gasteiger partial charge in [-0.2, -0.15) is 0 Å². The minimum atomic E-state index is -0.961. The molecule has 0 fully saturated rings. The number of nitrogens with one attached hydrogen (secondary N) is 1. The zero-order valence-corrected chi connectivity index (χ0v) is 26.3. The first kappa shape index (κ1) is 30.5. The topological polar surface area (TPSA) is 129 Å². The minimum absolute atomic E-state index is 0.137. The van der Waals surface area contributed by atoms with Gasteiger partial charge in [-0.3, -0.25) is 28.6 Å². The van der Waals surface area contributed by atoms with Gasteiger partial charge in [-0.25, -0.2) is 4.99 Å². The first-order chi connectivity index (χ1) is 22.3. The molecule has 0 bridgehead atoms. The number of thiazole rings is 1. The quantitative estimate of drug-likeness (QED) is 0.294. The summed E-state index contributed by atoms with van der Waals surface area (Å²) in [4.78, 5) is 61.2. The number of fused-ring (bicyclic) bond motifs is 2. The van der Waals surface area contributed by atoms with E-state index in [9.17, 15) is 19.2 Å². The van der Waals surface area contributed by atoms with Crippen molar-refractivity contribution in [1.29, 1.82) is 0 Å². The lowest BCUT2D eigenvalue weighted by atomic mass is 9.94. The van der Waals surface area contributed by atoms with Gasteiger partial charge in [-0.1, -0.05) is 47.7 Å². The largest absolute Gasteiger partial charge is 0.497 e. The van der Waals surface area contributed by atoms with Crippen LogP contribution in [0.25, 0.3) is 5.57 Å². The zero-order chi connectivity index (χ0) is 32.5. The Morgan fingerprint density at radius 2 is 1.72 bits per heavy atom. The van der Waals surface area contributed by atoms with Crippen molar-refractivity contribution < 1.29 is 28.6 Å². The number of benzene rings is 3. The highest BCUT2D eigenvalue weighted by Gasteiger charge is 2.38. The summed E-state index contributed by atoms with van der Waals surface area (Å²) in [5.41, 5.74) is 2.38. The molecule has 2 aliphatic rings. The Labute approximate surface area is 267 Å². The van der Waals surface area contributed by atoms with Gasteiger partial charge in [0.15, 0.2) is 4.80 Å². The van der Waals surface area contributed by atoms with Crippen LogP contribution in [0.1, 0.15) is 31.0 Å². The molecule has 1 N–H and O–H groups in total. The molecule has 46 heavy (non-hydrogen) atoms. The number of carbonyl (C=O) groups is 3. The van der Waals surface area contributed by atoms with Crippen LogP contribution in [0.3, 0.4) is 0 Å². The van der Waals surface area contributed by atoms with Crippen molar-refractivity contribution in [3.05, 3.63) is 115 Å². The lowest BCUT2D eigenvalue weighted by Gasteiger charge is -2.26. The maximum absolute atomic E-state index is 14.5. The third kappa shape index (κ3) is 5.26. The molecule has 11 nitrogen and oxygen atoms in total. The molecule has 0 saturated carbocycles. The van der Waals surface area contributed by atoms with Gasteiger partial charge in [-0.05, 0) is 44.2 Å². The third-order valence-electron chi connectivity index (χ3n) is 7.75. The molecular formula is C34H30N4O7S. The number of para-hydroxylation sites is 2. The lowest BCUT2D eigenvalue weighted by molar-refractivity contribution is -0.142. The van der Waals surface area contributed by atoms with E-state index in [-0.39, 0.29) is 28.8 Å². The SMILES string of the molecule is CCOC(=O)CN1C(=O)/C(=c2/sc3n(c2=O)[C@H](c2ccc(OC)cc2OC)C(C(=O)Nc2ccccc2)=C(C)N=3)c2ccccc21. The zero-order valence-electron chi connectivity index (χ0n) is 25.5. The van der Waals surface area contributed by atoms with Gasteiger partial charge in [0.2, 0.25) is 0 Å². The number of amides is 2. The van der Waals surface area contributed by atoms with Gasteiger partial charge in [0.25, 0.3) is 17.4 Å². The van der Waals surface area contributed by atoms with E-state index in [0.717, 1.165) is 11.3 Å². The second-order valence-corrected chi connectivity index (χ2v) is 11.4. The monoisotopic (exact) mass is 638 g/mol. The fourth-order valence-electron chi connectivity index (χ4n) is 5.71. The molecule has 234 valence electrons. The Morgan fingerprint density at radius 1 is 0.978 bits per heavy atom. The number of methoxy groups -OCH3 is 2. The van der Waals surface area contributed by atoms with Crippen molar-refractivity contribution in [2.45, 2.75) is 19.9 Å². The summed E-state index contributed by atoms with van der Waals surface area (Å²) in [6.45, 7) is 3.26. The standard InChI is InChI=1S/C34H30N4O7S/c1-5-45-26(39)18-37-24-14-10-9-13-22(24)28(32(37)41)30-33(42)38-29(23-16-15-21(43-3)17-25(23)44-4)27(19(2)35-34(38)46-30)31(40)36-20-11-7-6-8-12-20/h6-17,29H,5,18H2,1-4H3,(H,36,40)/b30-28+/t29-/m1/s1. The first-order valence-corrected chi connectivity index (χ1v) is 15.3. The van der Waals surface area contributed by atoms with E-state index >= 15 is 0 Å². The molecule has 0 spiro atoms. The minimum Gasteiger partial charge on any atom is -0.497 e. The summed E-state index contributed by atoms with van der Waals surface area (Å²) < 4.78 is 17.8. The van der Waals surface area contributed by atoms with Crippen molar-refractivity contribution in [2.24, 2.45) is 4.99 Å². The van der Waals surface area contributed by atoms with Gasteiger partial charge in [0.05, 0.1) is 43.4 Å². The van der Waals surface area contributed by atoms with Crippen LogP contribution in [0.15, 0.2) is 93.9 Å². The second-order valence-electron chi connectivity index (χ2n) is 10.4. The molecule has 1 aromatic heterocycles. The van der Waals surface area contributed by atoms with Crippen LogP contribution in [-0.4, -0.2) is 49.7 Å². The van der Waals surface area contributed by atoms with E-state index in [1.54, 1.807) is 80.6 Å². The smallest absolute Gasteiger partial charge is 0.326 e.